The fourth-order valence-electron chi connectivity index (χ4n) is 4.47. The van der Waals surface area contributed by atoms with Crippen LogP contribution in [0.2, 0.25) is 0 Å². The van der Waals surface area contributed by atoms with Gasteiger partial charge in [-0.15, -0.1) is 0 Å². The summed E-state index contributed by atoms with van der Waals surface area (Å²) in [7, 11) is 1.61. The zero-order chi connectivity index (χ0) is 26.5. The van der Waals surface area contributed by atoms with Gasteiger partial charge in [-0.25, -0.2) is 14.5 Å². The Morgan fingerprint density at radius 2 is 1.66 bits per heavy atom. The van der Waals surface area contributed by atoms with Crippen molar-refractivity contribution in [2.24, 2.45) is 0 Å². The third-order valence-corrected chi connectivity index (χ3v) is 6.49. The van der Waals surface area contributed by atoms with E-state index in [1.807, 2.05) is 35.2 Å². The lowest BCUT2D eigenvalue weighted by atomic mass is 10.1. The molecular weight excluding hydrogens is 482 g/mol. The van der Waals surface area contributed by atoms with Crippen LogP contribution < -0.4 is 9.64 Å². The van der Waals surface area contributed by atoms with E-state index in [9.17, 15) is 9.59 Å². The molecule has 0 radical (unpaired) electrons. The molecule has 1 aliphatic heterocycles. The normalized spacial score (nSPS) is 13.3. The fraction of sp³-hybridized carbons (Fsp3) is 0.241. The average molecular weight is 512 g/mol. The number of anilines is 1. The first kappa shape index (κ1) is 25.0. The Morgan fingerprint density at radius 1 is 0.921 bits per heavy atom. The van der Waals surface area contributed by atoms with E-state index in [4.69, 9.17) is 9.47 Å². The second-order valence-electron chi connectivity index (χ2n) is 8.79. The molecule has 0 saturated carbocycles. The molecule has 1 fully saturated rings. The minimum atomic E-state index is -0.470. The summed E-state index contributed by atoms with van der Waals surface area (Å²) >= 11 is 0. The largest absolute Gasteiger partial charge is 0.497 e. The van der Waals surface area contributed by atoms with Gasteiger partial charge in [-0.2, -0.15) is 5.10 Å². The van der Waals surface area contributed by atoms with Crippen LogP contribution in [0.5, 0.6) is 5.75 Å². The highest BCUT2D eigenvalue weighted by molar-refractivity contribution is 5.94. The number of rotatable bonds is 7. The van der Waals surface area contributed by atoms with Crippen LogP contribution in [-0.2, 0) is 4.74 Å². The number of carbonyl (C=O) groups is 2. The number of methoxy groups -OCH3 is 1. The van der Waals surface area contributed by atoms with E-state index in [1.54, 1.807) is 55.2 Å². The van der Waals surface area contributed by atoms with E-state index >= 15 is 0 Å². The lowest BCUT2D eigenvalue weighted by Gasteiger charge is -2.36. The van der Waals surface area contributed by atoms with Gasteiger partial charge in [-0.05, 0) is 61.5 Å². The first-order valence-electron chi connectivity index (χ1n) is 12.5. The number of aromatic nitrogens is 3. The summed E-state index contributed by atoms with van der Waals surface area (Å²) in [4.78, 5) is 33.8. The van der Waals surface area contributed by atoms with Crippen LogP contribution in [-0.4, -0.2) is 71.4 Å². The summed E-state index contributed by atoms with van der Waals surface area (Å²) in [5, 5.41) is 4.47. The number of piperazine rings is 1. The zero-order valence-corrected chi connectivity index (χ0v) is 21.4. The van der Waals surface area contributed by atoms with Crippen molar-refractivity contribution >= 4 is 17.6 Å². The third kappa shape index (κ3) is 5.22. The van der Waals surface area contributed by atoms with Crippen molar-refractivity contribution in [2.75, 3.05) is 44.8 Å². The molecule has 9 heteroatoms. The molecule has 0 N–H and O–H groups in total. The minimum absolute atomic E-state index is 0.0304. The van der Waals surface area contributed by atoms with Crippen LogP contribution >= 0.6 is 0 Å². The van der Waals surface area contributed by atoms with Gasteiger partial charge >= 0.3 is 5.97 Å². The van der Waals surface area contributed by atoms with Crippen molar-refractivity contribution in [1.29, 1.82) is 0 Å². The Labute approximate surface area is 221 Å². The molecule has 3 heterocycles. The highest BCUT2D eigenvalue weighted by Crippen LogP contribution is 2.27. The maximum absolute atomic E-state index is 12.9. The Kier molecular flexibility index (Phi) is 7.35. The smallest absolute Gasteiger partial charge is 0.358 e. The Balaban J connectivity index is 1.30. The summed E-state index contributed by atoms with van der Waals surface area (Å²) in [6, 6.07) is 22.6. The molecule has 0 atom stereocenters. The molecule has 0 spiro atoms. The highest BCUT2D eigenvalue weighted by Gasteiger charge is 2.23. The summed E-state index contributed by atoms with van der Waals surface area (Å²) in [5.41, 5.74) is 3.60. The second-order valence-corrected chi connectivity index (χ2v) is 8.79. The molecule has 0 bridgehead atoms. The molecule has 4 aromatic rings. The summed E-state index contributed by atoms with van der Waals surface area (Å²) in [6.45, 7) is 4.80. The number of pyridine rings is 1. The van der Waals surface area contributed by atoms with Gasteiger partial charge in [0, 0.05) is 49.2 Å². The topological polar surface area (TPSA) is 89.8 Å². The van der Waals surface area contributed by atoms with Crippen molar-refractivity contribution in [3.8, 4) is 22.8 Å². The molecule has 1 amide bonds. The Morgan fingerprint density at radius 3 is 2.29 bits per heavy atom. The number of hydrogen-bond donors (Lipinski definition) is 0. The van der Waals surface area contributed by atoms with Crippen molar-refractivity contribution in [3.05, 3.63) is 90.3 Å². The van der Waals surface area contributed by atoms with E-state index in [2.05, 4.69) is 27.1 Å². The van der Waals surface area contributed by atoms with Gasteiger partial charge in [0.15, 0.2) is 11.5 Å². The predicted octanol–water partition coefficient (Wildman–Crippen LogP) is 4.08. The summed E-state index contributed by atoms with van der Waals surface area (Å²) in [5.74, 6) is 0.903. The standard InChI is InChI=1S/C29H29N5O4/c1-3-38-29(36)25-20-26(34(31-25)27-6-4-5-15-30-27)21-7-11-23(12-8-21)32-16-18-33(19-17-32)28(35)22-9-13-24(37-2)14-10-22/h4-15,20H,3,16-19H2,1-2H3. The first-order chi connectivity index (χ1) is 18.6. The van der Waals surface area contributed by atoms with Crippen molar-refractivity contribution in [1.82, 2.24) is 19.7 Å². The number of carbonyl (C=O) groups excluding carboxylic acids is 2. The lowest BCUT2D eigenvalue weighted by molar-refractivity contribution is 0.0518. The van der Waals surface area contributed by atoms with Crippen LogP contribution in [0.4, 0.5) is 5.69 Å². The van der Waals surface area contributed by atoms with Gasteiger partial charge in [0.25, 0.3) is 5.91 Å². The second kappa shape index (κ2) is 11.2. The molecule has 1 saturated heterocycles. The molecule has 194 valence electrons. The zero-order valence-electron chi connectivity index (χ0n) is 21.4. The Hall–Kier alpha value is -4.66. The van der Waals surface area contributed by atoms with E-state index < -0.39 is 5.97 Å². The predicted molar refractivity (Wildman–Crippen MR) is 144 cm³/mol. The fourth-order valence-corrected chi connectivity index (χ4v) is 4.47. The van der Waals surface area contributed by atoms with Crippen LogP contribution in [0.1, 0.15) is 27.8 Å². The number of nitrogens with zero attached hydrogens (tertiary/aromatic N) is 5. The molecule has 0 aliphatic carbocycles. The molecule has 38 heavy (non-hydrogen) atoms. The van der Waals surface area contributed by atoms with E-state index in [0.29, 0.717) is 24.5 Å². The number of benzene rings is 2. The molecule has 0 unspecified atom stereocenters. The number of esters is 1. The van der Waals surface area contributed by atoms with Gasteiger partial charge in [0.1, 0.15) is 5.75 Å². The first-order valence-corrected chi connectivity index (χ1v) is 12.5. The molecular formula is C29H29N5O4. The minimum Gasteiger partial charge on any atom is -0.497 e. The van der Waals surface area contributed by atoms with Crippen LogP contribution in [0.3, 0.4) is 0 Å². The summed E-state index contributed by atoms with van der Waals surface area (Å²) < 4.78 is 12.0. The van der Waals surface area contributed by atoms with Crippen LogP contribution in [0.15, 0.2) is 79.0 Å². The van der Waals surface area contributed by atoms with Gasteiger partial charge in [0.2, 0.25) is 0 Å². The molecule has 5 rings (SSSR count). The van der Waals surface area contributed by atoms with Crippen LogP contribution in [0.25, 0.3) is 17.1 Å². The van der Waals surface area contributed by atoms with E-state index in [0.717, 1.165) is 35.8 Å². The van der Waals surface area contributed by atoms with Crippen molar-refractivity contribution < 1.29 is 19.1 Å². The number of hydrogen-bond acceptors (Lipinski definition) is 7. The van der Waals surface area contributed by atoms with Gasteiger partial charge in [0.05, 0.1) is 19.4 Å². The lowest BCUT2D eigenvalue weighted by Crippen LogP contribution is -2.48. The Bertz CT molecular complexity index is 1390. The molecule has 2 aromatic heterocycles. The van der Waals surface area contributed by atoms with Crippen LogP contribution in [0, 0.1) is 0 Å². The molecule has 1 aliphatic rings. The maximum Gasteiger partial charge on any atom is 0.358 e. The molecule has 9 nitrogen and oxygen atoms in total. The van der Waals surface area contributed by atoms with E-state index in [-0.39, 0.29) is 18.2 Å². The summed E-state index contributed by atoms with van der Waals surface area (Å²) in [6.07, 6.45) is 1.69. The monoisotopic (exact) mass is 511 g/mol. The number of amides is 1. The van der Waals surface area contributed by atoms with Gasteiger partial charge < -0.3 is 19.3 Å². The van der Waals surface area contributed by atoms with Crippen molar-refractivity contribution in [2.45, 2.75) is 6.92 Å². The average Bonchev–Trinajstić information content (AvgIpc) is 3.43. The molecule has 2 aromatic carbocycles. The SMILES string of the molecule is CCOC(=O)c1cc(-c2ccc(N3CCN(C(=O)c4ccc(OC)cc4)CC3)cc2)n(-c2ccccn2)n1. The van der Waals surface area contributed by atoms with E-state index in [1.165, 1.54) is 0 Å². The quantitative estimate of drug-likeness (QED) is 0.345. The highest BCUT2D eigenvalue weighted by atomic mass is 16.5. The third-order valence-electron chi connectivity index (χ3n) is 6.49. The van der Waals surface area contributed by atoms with Crippen molar-refractivity contribution in [3.63, 3.8) is 0 Å². The number of ether oxygens (including phenoxy) is 2. The van der Waals surface area contributed by atoms with Gasteiger partial charge in [-0.3, -0.25) is 4.79 Å². The maximum atomic E-state index is 12.9. The van der Waals surface area contributed by atoms with Gasteiger partial charge in [-0.1, -0.05) is 18.2 Å².